The number of hydrogen-bond acceptors (Lipinski definition) is 4. The summed E-state index contributed by atoms with van der Waals surface area (Å²) in [5, 5.41) is 9.53. The molecule has 0 unspecified atom stereocenters. The Morgan fingerprint density at radius 1 is 1.41 bits per heavy atom. The molecule has 0 aliphatic carbocycles. The van der Waals surface area contributed by atoms with E-state index in [2.05, 4.69) is 4.98 Å². The minimum Gasteiger partial charge on any atom is -0.494 e. The molecule has 0 radical (unpaired) electrons. The van der Waals surface area contributed by atoms with Gasteiger partial charge in [-0.05, 0) is 31.2 Å². The zero-order valence-electron chi connectivity index (χ0n) is 9.11. The van der Waals surface area contributed by atoms with Gasteiger partial charge in [0.05, 0.1) is 6.61 Å². The zero-order valence-corrected chi connectivity index (χ0v) is 10.7. The molecule has 0 saturated carbocycles. The SMILES string of the molecule is CCOc1ccc(-c2nc(C#N)c(Cl)s2)cc1. The average Bonchev–Trinajstić information content (AvgIpc) is 2.72. The van der Waals surface area contributed by atoms with Crippen LogP contribution in [0.25, 0.3) is 10.6 Å². The molecule has 0 spiro atoms. The van der Waals surface area contributed by atoms with Gasteiger partial charge in [0.2, 0.25) is 0 Å². The summed E-state index contributed by atoms with van der Waals surface area (Å²) in [5.41, 5.74) is 1.21. The minimum absolute atomic E-state index is 0.278. The van der Waals surface area contributed by atoms with E-state index in [1.807, 2.05) is 37.3 Å². The van der Waals surface area contributed by atoms with Crippen molar-refractivity contribution in [3.63, 3.8) is 0 Å². The quantitative estimate of drug-likeness (QED) is 0.848. The summed E-state index contributed by atoms with van der Waals surface area (Å²) in [5.74, 6) is 0.819. The summed E-state index contributed by atoms with van der Waals surface area (Å²) in [6, 6.07) is 9.52. The molecule has 0 bridgehead atoms. The van der Waals surface area contributed by atoms with Crippen LogP contribution in [0.15, 0.2) is 24.3 Å². The van der Waals surface area contributed by atoms with Crippen molar-refractivity contribution in [2.24, 2.45) is 0 Å². The fourth-order valence-electron chi connectivity index (χ4n) is 1.35. The molecular formula is C12H9ClN2OS. The first-order valence-corrected chi connectivity index (χ1v) is 6.23. The standard InChI is InChI=1S/C12H9ClN2OS/c1-2-16-9-5-3-8(4-6-9)12-15-10(7-14)11(13)17-12/h3-6H,2H2,1H3. The summed E-state index contributed by atoms with van der Waals surface area (Å²) in [6.07, 6.45) is 0. The molecule has 0 N–H and O–H groups in total. The van der Waals surface area contributed by atoms with Gasteiger partial charge in [0.15, 0.2) is 5.69 Å². The Hall–Kier alpha value is -1.57. The number of thiazole rings is 1. The largest absolute Gasteiger partial charge is 0.494 e. The monoisotopic (exact) mass is 264 g/mol. The summed E-state index contributed by atoms with van der Waals surface area (Å²) < 4.78 is 5.78. The third-order valence-corrected chi connectivity index (χ3v) is 3.41. The van der Waals surface area contributed by atoms with E-state index in [1.165, 1.54) is 11.3 Å². The van der Waals surface area contributed by atoms with Crippen LogP contribution < -0.4 is 4.74 Å². The molecule has 2 aromatic rings. The van der Waals surface area contributed by atoms with E-state index < -0.39 is 0 Å². The van der Waals surface area contributed by atoms with E-state index >= 15 is 0 Å². The fourth-order valence-corrected chi connectivity index (χ4v) is 2.41. The Morgan fingerprint density at radius 2 is 2.12 bits per heavy atom. The number of halogens is 1. The maximum absolute atomic E-state index is 8.78. The molecule has 1 aromatic heterocycles. The lowest BCUT2D eigenvalue weighted by atomic mass is 10.2. The van der Waals surface area contributed by atoms with Gasteiger partial charge in [0.1, 0.15) is 21.2 Å². The summed E-state index contributed by atoms with van der Waals surface area (Å²) >= 11 is 7.19. The summed E-state index contributed by atoms with van der Waals surface area (Å²) in [6.45, 7) is 2.58. The van der Waals surface area contributed by atoms with Crippen LogP contribution in [0.2, 0.25) is 4.34 Å². The predicted octanol–water partition coefficient (Wildman–Crippen LogP) is 3.73. The predicted molar refractivity (Wildman–Crippen MR) is 68.4 cm³/mol. The molecule has 0 fully saturated rings. The molecule has 5 heteroatoms. The molecule has 0 atom stereocenters. The van der Waals surface area contributed by atoms with Crippen LogP contribution >= 0.6 is 22.9 Å². The van der Waals surface area contributed by atoms with Crippen LogP contribution in [0, 0.1) is 11.3 Å². The van der Waals surface area contributed by atoms with Gasteiger partial charge in [0.25, 0.3) is 0 Å². The van der Waals surface area contributed by atoms with E-state index in [9.17, 15) is 0 Å². The van der Waals surface area contributed by atoms with Crippen molar-refractivity contribution < 1.29 is 4.74 Å². The van der Waals surface area contributed by atoms with Crippen LogP contribution in [0.1, 0.15) is 12.6 Å². The molecule has 86 valence electrons. The third kappa shape index (κ3) is 2.57. The first kappa shape index (κ1) is 11.9. The lowest BCUT2D eigenvalue weighted by molar-refractivity contribution is 0.340. The number of aromatic nitrogens is 1. The number of rotatable bonds is 3. The smallest absolute Gasteiger partial charge is 0.170 e. The average molecular weight is 265 g/mol. The van der Waals surface area contributed by atoms with Crippen molar-refractivity contribution in [1.82, 2.24) is 4.98 Å². The van der Waals surface area contributed by atoms with E-state index in [-0.39, 0.29) is 5.69 Å². The van der Waals surface area contributed by atoms with Gasteiger partial charge in [-0.3, -0.25) is 0 Å². The van der Waals surface area contributed by atoms with E-state index in [0.29, 0.717) is 10.9 Å². The summed E-state index contributed by atoms with van der Waals surface area (Å²) in [7, 11) is 0. The number of nitrogens with zero attached hydrogens (tertiary/aromatic N) is 2. The molecule has 1 aromatic carbocycles. The van der Waals surface area contributed by atoms with E-state index in [0.717, 1.165) is 16.3 Å². The molecule has 1 heterocycles. The lowest BCUT2D eigenvalue weighted by Crippen LogP contribution is -1.90. The zero-order chi connectivity index (χ0) is 12.3. The van der Waals surface area contributed by atoms with Crippen molar-refractivity contribution in [2.75, 3.05) is 6.61 Å². The van der Waals surface area contributed by atoms with Gasteiger partial charge >= 0.3 is 0 Å². The third-order valence-electron chi connectivity index (χ3n) is 2.10. The maximum atomic E-state index is 8.78. The Balaban J connectivity index is 2.30. The highest BCUT2D eigenvalue weighted by molar-refractivity contribution is 7.19. The van der Waals surface area contributed by atoms with Crippen LogP contribution in [0.3, 0.4) is 0 Å². The normalized spacial score (nSPS) is 9.94. The Morgan fingerprint density at radius 3 is 2.65 bits per heavy atom. The second-order valence-electron chi connectivity index (χ2n) is 3.21. The Labute approximate surface area is 108 Å². The van der Waals surface area contributed by atoms with Gasteiger partial charge in [0, 0.05) is 5.56 Å². The number of ether oxygens (including phenoxy) is 1. The van der Waals surface area contributed by atoms with Crippen LogP contribution in [-0.4, -0.2) is 11.6 Å². The number of nitriles is 1. The highest BCUT2D eigenvalue weighted by Gasteiger charge is 2.10. The van der Waals surface area contributed by atoms with Crippen molar-refractivity contribution in [1.29, 1.82) is 5.26 Å². The van der Waals surface area contributed by atoms with Gasteiger partial charge in [-0.15, -0.1) is 11.3 Å². The topological polar surface area (TPSA) is 45.9 Å². The maximum Gasteiger partial charge on any atom is 0.170 e. The highest BCUT2D eigenvalue weighted by atomic mass is 35.5. The lowest BCUT2D eigenvalue weighted by Gasteiger charge is -2.02. The van der Waals surface area contributed by atoms with Crippen molar-refractivity contribution in [2.45, 2.75) is 6.92 Å². The second kappa shape index (κ2) is 5.17. The molecule has 0 saturated heterocycles. The number of hydrogen-bond donors (Lipinski definition) is 0. The van der Waals surface area contributed by atoms with Crippen LogP contribution in [-0.2, 0) is 0 Å². The molecule has 0 aliphatic rings. The first-order valence-electron chi connectivity index (χ1n) is 5.04. The molecule has 3 nitrogen and oxygen atoms in total. The van der Waals surface area contributed by atoms with Gasteiger partial charge in [-0.2, -0.15) is 5.26 Å². The van der Waals surface area contributed by atoms with Crippen molar-refractivity contribution in [3.8, 4) is 22.4 Å². The van der Waals surface area contributed by atoms with Crippen molar-refractivity contribution in [3.05, 3.63) is 34.3 Å². The number of benzene rings is 1. The van der Waals surface area contributed by atoms with Crippen LogP contribution in [0.4, 0.5) is 0 Å². The Bertz CT molecular complexity index is 557. The minimum atomic E-state index is 0.278. The highest BCUT2D eigenvalue weighted by Crippen LogP contribution is 2.32. The van der Waals surface area contributed by atoms with Gasteiger partial charge in [-0.1, -0.05) is 11.6 Å². The van der Waals surface area contributed by atoms with Crippen LogP contribution in [0.5, 0.6) is 5.75 Å². The van der Waals surface area contributed by atoms with Crippen molar-refractivity contribution >= 4 is 22.9 Å². The van der Waals surface area contributed by atoms with Gasteiger partial charge in [-0.25, -0.2) is 4.98 Å². The Kier molecular flexibility index (Phi) is 3.62. The van der Waals surface area contributed by atoms with E-state index in [4.69, 9.17) is 21.6 Å². The fraction of sp³-hybridized carbons (Fsp3) is 0.167. The first-order chi connectivity index (χ1) is 8.24. The molecule has 2 rings (SSSR count). The molecule has 0 aliphatic heterocycles. The molecule has 0 amide bonds. The second-order valence-corrected chi connectivity index (χ2v) is 4.81. The van der Waals surface area contributed by atoms with E-state index in [1.54, 1.807) is 0 Å². The summed E-state index contributed by atoms with van der Waals surface area (Å²) in [4.78, 5) is 4.16. The molecule has 17 heavy (non-hydrogen) atoms. The molecular weight excluding hydrogens is 256 g/mol. The van der Waals surface area contributed by atoms with Gasteiger partial charge < -0.3 is 4.74 Å².